The minimum atomic E-state index is 0.0759. The van der Waals surface area contributed by atoms with Crippen LogP contribution in [0.5, 0.6) is 0 Å². The van der Waals surface area contributed by atoms with Crippen LogP contribution < -0.4 is 5.32 Å². The second kappa shape index (κ2) is 7.82. The molecule has 2 aromatic rings. The summed E-state index contributed by atoms with van der Waals surface area (Å²) in [5, 5.41) is 17.2. The van der Waals surface area contributed by atoms with Gasteiger partial charge in [0.2, 0.25) is 0 Å². The average molecular weight is 273 g/mol. The summed E-state index contributed by atoms with van der Waals surface area (Å²) < 4.78 is 1.96. The van der Waals surface area contributed by atoms with Crippen LogP contribution in [0.25, 0.3) is 0 Å². The van der Waals surface area contributed by atoms with Crippen molar-refractivity contribution < 1.29 is 5.11 Å². The van der Waals surface area contributed by atoms with Gasteiger partial charge in [0.25, 0.3) is 0 Å². The van der Waals surface area contributed by atoms with Crippen molar-refractivity contribution in [3.05, 3.63) is 53.9 Å². The number of nitrogens with zero attached hydrogens (tertiary/aromatic N) is 2. The summed E-state index contributed by atoms with van der Waals surface area (Å²) in [6.45, 7) is 3.97. The Morgan fingerprint density at radius 1 is 1.25 bits per heavy atom. The van der Waals surface area contributed by atoms with Crippen molar-refractivity contribution in [2.24, 2.45) is 0 Å². The summed E-state index contributed by atoms with van der Waals surface area (Å²) in [5.74, 6) is 0. The monoisotopic (exact) mass is 273 g/mol. The Kier molecular flexibility index (Phi) is 5.77. The molecule has 1 aromatic carbocycles. The van der Waals surface area contributed by atoms with Gasteiger partial charge in [-0.1, -0.05) is 37.3 Å². The number of aryl methyl sites for hydroxylation is 1. The number of aliphatic hydroxyl groups excluding tert-OH is 1. The van der Waals surface area contributed by atoms with Gasteiger partial charge >= 0.3 is 0 Å². The molecule has 0 radical (unpaired) electrons. The van der Waals surface area contributed by atoms with Gasteiger partial charge in [-0.15, -0.1) is 0 Å². The standard InChI is InChI=1S/C16H23N3O/c1-2-8-19-12-15(11-18-19)10-17-16(13-20)9-14-6-4-3-5-7-14/h3-7,11-12,16-17,20H,2,8-10,13H2,1H3/t16-/m0/s1. The highest BCUT2D eigenvalue weighted by atomic mass is 16.3. The highest BCUT2D eigenvalue weighted by Gasteiger charge is 2.08. The van der Waals surface area contributed by atoms with E-state index in [1.54, 1.807) is 0 Å². The lowest BCUT2D eigenvalue weighted by atomic mass is 10.1. The van der Waals surface area contributed by atoms with Gasteiger partial charge in [-0.05, 0) is 18.4 Å². The maximum atomic E-state index is 9.47. The summed E-state index contributed by atoms with van der Waals surface area (Å²) in [6, 6.07) is 10.3. The molecule has 0 bridgehead atoms. The van der Waals surface area contributed by atoms with Crippen LogP contribution in [0, 0.1) is 0 Å². The number of hydrogen-bond acceptors (Lipinski definition) is 3. The molecule has 108 valence electrons. The average Bonchev–Trinajstić information content (AvgIpc) is 2.92. The van der Waals surface area contributed by atoms with E-state index in [1.165, 1.54) is 5.56 Å². The van der Waals surface area contributed by atoms with Gasteiger partial charge in [-0.3, -0.25) is 4.68 Å². The second-order valence-electron chi connectivity index (χ2n) is 5.06. The van der Waals surface area contributed by atoms with Crippen LogP contribution in [0.1, 0.15) is 24.5 Å². The molecule has 2 N–H and O–H groups in total. The fourth-order valence-corrected chi connectivity index (χ4v) is 2.21. The molecule has 1 heterocycles. The number of aromatic nitrogens is 2. The van der Waals surface area contributed by atoms with E-state index in [9.17, 15) is 5.11 Å². The predicted octanol–water partition coefficient (Wildman–Crippen LogP) is 1.99. The van der Waals surface area contributed by atoms with Gasteiger partial charge in [0.1, 0.15) is 0 Å². The third-order valence-electron chi connectivity index (χ3n) is 3.28. The van der Waals surface area contributed by atoms with Crippen LogP contribution in [0.4, 0.5) is 0 Å². The lowest BCUT2D eigenvalue weighted by molar-refractivity contribution is 0.241. The normalized spacial score (nSPS) is 12.5. The van der Waals surface area contributed by atoms with Crippen molar-refractivity contribution in [2.75, 3.05) is 6.61 Å². The molecule has 1 aromatic heterocycles. The molecule has 0 fully saturated rings. The van der Waals surface area contributed by atoms with E-state index >= 15 is 0 Å². The molecule has 0 saturated heterocycles. The first-order valence-corrected chi connectivity index (χ1v) is 7.21. The number of benzene rings is 1. The quantitative estimate of drug-likeness (QED) is 0.773. The molecule has 0 spiro atoms. The first kappa shape index (κ1) is 14.8. The highest BCUT2D eigenvalue weighted by molar-refractivity contribution is 5.16. The van der Waals surface area contributed by atoms with Crippen LogP contribution in [-0.2, 0) is 19.5 Å². The molecular formula is C16H23N3O. The second-order valence-corrected chi connectivity index (χ2v) is 5.06. The zero-order valence-corrected chi connectivity index (χ0v) is 12.0. The summed E-state index contributed by atoms with van der Waals surface area (Å²) in [6.07, 6.45) is 5.87. The Morgan fingerprint density at radius 2 is 2.05 bits per heavy atom. The molecule has 0 aliphatic rings. The fourth-order valence-electron chi connectivity index (χ4n) is 2.21. The van der Waals surface area contributed by atoms with E-state index in [0.717, 1.165) is 31.5 Å². The molecule has 0 aliphatic carbocycles. The summed E-state index contributed by atoms with van der Waals surface area (Å²) in [4.78, 5) is 0. The van der Waals surface area contributed by atoms with E-state index in [1.807, 2.05) is 29.1 Å². The van der Waals surface area contributed by atoms with Gasteiger partial charge in [-0.2, -0.15) is 5.10 Å². The van der Waals surface area contributed by atoms with Crippen molar-refractivity contribution in [2.45, 2.75) is 38.9 Å². The maximum absolute atomic E-state index is 9.47. The van der Waals surface area contributed by atoms with Crippen LogP contribution in [0.3, 0.4) is 0 Å². The number of hydrogen-bond donors (Lipinski definition) is 2. The van der Waals surface area contributed by atoms with E-state index in [4.69, 9.17) is 0 Å². The van der Waals surface area contributed by atoms with E-state index in [-0.39, 0.29) is 12.6 Å². The SMILES string of the molecule is CCCn1cc(CN[C@H](CO)Cc2ccccc2)cn1. The largest absolute Gasteiger partial charge is 0.395 e. The molecule has 2 rings (SSSR count). The number of aliphatic hydroxyl groups is 1. The van der Waals surface area contributed by atoms with Crippen LogP contribution in [0.2, 0.25) is 0 Å². The highest BCUT2D eigenvalue weighted by Crippen LogP contribution is 2.04. The number of nitrogens with one attached hydrogen (secondary N) is 1. The summed E-state index contributed by atoms with van der Waals surface area (Å²) in [5.41, 5.74) is 2.39. The van der Waals surface area contributed by atoms with Gasteiger partial charge in [0, 0.05) is 30.9 Å². The van der Waals surface area contributed by atoms with Gasteiger partial charge < -0.3 is 10.4 Å². The van der Waals surface area contributed by atoms with Crippen molar-refractivity contribution >= 4 is 0 Å². The third-order valence-corrected chi connectivity index (χ3v) is 3.28. The van der Waals surface area contributed by atoms with Crippen LogP contribution in [0.15, 0.2) is 42.7 Å². The third kappa shape index (κ3) is 4.47. The van der Waals surface area contributed by atoms with Gasteiger partial charge in [-0.25, -0.2) is 0 Å². The zero-order valence-electron chi connectivity index (χ0n) is 12.0. The molecule has 0 aliphatic heterocycles. The Morgan fingerprint density at radius 3 is 2.75 bits per heavy atom. The van der Waals surface area contributed by atoms with Crippen molar-refractivity contribution in [1.82, 2.24) is 15.1 Å². The smallest absolute Gasteiger partial charge is 0.0587 e. The molecule has 20 heavy (non-hydrogen) atoms. The van der Waals surface area contributed by atoms with Crippen molar-refractivity contribution in [1.29, 1.82) is 0 Å². The Labute approximate surface area is 120 Å². The van der Waals surface area contributed by atoms with Gasteiger partial charge in [0.05, 0.1) is 12.8 Å². The number of rotatable bonds is 8. The molecular weight excluding hydrogens is 250 g/mol. The fraction of sp³-hybridized carbons (Fsp3) is 0.438. The Balaban J connectivity index is 1.83. The van der Waals surface area contributed by atoms with E-state index in [2.05, 4.69) is 35.7 Å². The first-order valence-electron chi connectivity index (χ1n) is 7.21. The molecule has 0 amide bonds. The van der Waals surface area contributed by atoms with E-state index in [0.29, 0.717) is 0 Å². The molecule has 1 atom stereocenters. The minimum Gasteiger partial charge on any atom is -0.395 e. The summed E-state index contributed by atoms with van der Waals surface area (Å²) >= 11 is 0. The predicted molar refractivity (Wildman–Crippen MR) is 80.4 cm³/mol. The molecule has 0 saturated carbocycles. The lowest BCUT2D eigenvalue weighted by Gasteiger charge is -2.15. The zero-order chi connectivity index (χ0) is 14.2. The maximum Gasteiger partial charge on any atom is 0.0587 e. The van der Waals surface area contributed by atoms with Crippen molar-refractivity contribution in [3.8, 4) is 0 Å². The lowest BCUT2D eigenvalue weighted by Crippen LogP contribution is -2.33. The van der Waals surface area contributed by atoms with Gasteiger partial charge in [0.15, 0.2) is 0 Å². The Hall–Kier alpha value is -1.65. The summed E-state index contributed by atoms with van der Waals surface area (Å²) in [7, 11) is 0. The minimum absolute atomic E-state index is 0.0759. The Bertz CT molecular complexity index is 495. The first-order chi connectivity index (χ1) is 9.81. The molecule has 4 nitrogen and oxygen atoms in total. The van der Waals surface area contributed by atoms with Crippen LogP contribution >= 0.6 is 0 Å². The molecule has 4 heteroatoms. The van der Waals surface area contributed by atoms with Crippen molar-refractivity contribution in [3.63, 3.8) is 0 Å². The van der Waals surface area contributed by atoms with E-state index < -0.39 is 0 Å². The molecule has 0 unspecified atom stereocenters. The topological polar surface area (TPSA) is 50.1 Å². The van der Waals surface area contributed by atoms with Crippen LogP contribution in [-0.4, -0.2) is 27.5 Å².